The lowest BCUT2D eigenvalue weighted by Crippen LogP contribution is -2.08. The first kappa shape index (κ1) is 43.2. The predicted molar refractivity (Wildman–Crippen MR) is 245 cm³/mol. The third-order valence-corrected chi connectivity index (χ3v) is 9.86. The number of carbonyl (C=O) groups excluding carboxylic acids is 4. The molecule has 0 N–H and O–H groups in total. The summed E-state index contributed by atoms with van der Waals surface area (Å²) in [5, 5.41) is 26.5. The lowest BCUT2D eigenvalue weighted by Gasteiger charge is -2.11. The van der Waals surface area contributed by atoms with Crippen LogP contribution in [0, 0.1) is 36.5 Å². The molecule has 8 aromatic rings. The molecule has 0 aliphatic carbocycles. The van der Waals surface area contributed by atoms with Gasteiger partial charge in [0.1, 0.15) is 37.3 Å². The van der Waals surface area contributed by atoms with Crippen LogP contribution >= 0.6 is 0 Å². The Bertz CT molecular complexity index is 2880. The van der Waals surface area contributed by atoms with E-state index in [0.717, 1.165) is 96.3 Å². The number of hydrogen-bond acceptors (Lipinski definition) is 8. The van der Waals surface area contributed by atoms with Gasteiger partial charge in [0.2, 0.25) is 0 Å². The van der Waals surface area contributed by atoms with Crippen molar-refractivity contribution in [3.05, 3.63) is 178 Å². The van der Waals surface area contributed by atoms with Crippen molar-refractivity contribution in [3.63, 3.8) is 0 Å². The van der Waals surface area contributed by atoms with E-state index in [1.54, 1.807) is 30.3 Å². The molecule has 0 atom stereocenters. The molecule has 0 unspecified atom stereocenters. The van der Waals surface area contributed by atoms with Gasteiger partial charge in [-0.3, -0.25) is 19.2 Å². The second-order valence-corrected chi connectivity index (χ2v) is 14.6. The summed E-state index contributed by atoms with van der Waals surface area (Å²) in [7, 11) is 7.87. The topological polar surface area (TPSA) is 122 Å². The first-order chi connectivity index (χ1) is 28.9. The van der Waals surface area contributed by atoms with Crippen molar-refractivity contribution >= 4 is 79.6 Å². The van der Waals surface area contributed by atoms with Crippen molar-refractivity contribution in [2.24, 2.45) is 0 Å². The molecular formula is C52H44N4O4. The van der Waals surface area contributed by atoms with Crippen LogP contribution in [0.2, 0.25) is 0 Å². The van der Waals surface area contributed by atoms with E-state index < -0.39 is 0 Å². The molecule has 8 heteroatoms. The Morgan fingerprint density at radius 1 is 0.383 bits per heavy atom. The Morgan fingerprint density at radius 2 is 0.750 bits per heavy atom. The number of carbonyl (C=O) groups is 4. The number of fused-ring (bicyclic) bond motifs is 4. The molecule has 8 nitrogen and oxygen atoms in total. The Hall–Kier alpha value is -7.94. The Labute approximate surface area is 350 Å². The normalized spacial score (nSPS) is 10.1. The van der Waals surface area contributed by atoms with Gasteiger partial charge < -0.3 is 9.80 Å². The predicted octanol–water partition coefficient (Wildman–Crippen LogP) is 11.1. The summed E-state index contributed by atoms with van der Waals surface area (Å²) in [6, 6.07) is 46.5. The highest BCUT2D eigenvalue weighted by atomic mass is 16.1. The van der Waals surface area contributed by atoms with Crippen molar-refractivity contribution < 1.29 is 19.2 Å². The summed E-state index contributed by atoms with van der Waals surface area (Å²) in [5.41, 5.74) is 8.48. The quantitative estimate of drug-likeness (QED) is 0.121. The summed E-state index contributed by atoms with van der Waals surface area (Å²) in [5.74, 6) is 0. The summed E-state index contributed by atoms with van der Waals surface area (Å²) in [6.45, 7) is 4.13. The van der Waals surface area contributed by atoms with Gasteiger partial charge in [0.25, 0.3) is 0 Å². The van der Waals surface area contributed by atoms with E-state index in [1.807, 2.05) is 105 Å². The maximum absolute atomic E-state index is 10.9. The lowest BCUT2D eigenvalue weighted by atomic mass is 9.95. The smallest absolute Gasteiger partial charge is 0.150 e. The number of benzene rings is 8. The summed E-state index contributed by atoms with van der Waals surface area (Å²) in [6.07, 6.45) is 3.24. The molecule has 0 spiro atoms. The monoisotopic (exact) mass is 788 g/mol. The van der Waals surface area contributed by atoms with Crippen LogP contribution in [0.1, 0.15) is 63.7 Å². The molecule has 0 amide bonds. The molecule has 0 saturated carbocycles. The van der Waals surface area contributed by atoms with E-state index in [0.29, 0.717) is 16.7 Å². The zero-order chi connectivity index (χ0) is 43.3. The van der Waals surface area contributed by atoms with E-state index in [1.165, 1.54) is 11.1 Å². The van der Waals surface area contributed by atoms with Gasteiger partial charge in [-0.1, -0.05) is 71.8 Å². The van der Waals surface area contributed by atoms with Crippen molar-refractivity contribution in [1.29, 1.82) is 10.5 Å². The van der Waals surface area contributed by atoms with E-state index in [-0.39, 0.29) is 0 Å². The average molecular weight is 789 g/mol. The SMILES string of the molecule is CN(C)c1ccc(C=O)cc1.CN(C)c1ccc(C=O)cc1.Cc1ccc2c(C#N)c3cc(C)ccc3cc2c1.N#Cc1c2ccc(C=O)cc2cc2ccc(C=O)cc12. The van der Waals surface area contributed by atoms with Gasteiger partial charge in [0.05, 0.1) is 11.1 Å². The van der Waals surface area contributed by atoms with Crippen LogP contribution < -0.4 is 9.80 Å². The Kier molecular flexibility index (Phi) is 14.4. The Balaban J connectivity index is 0.000000157. The minimum absolute atomic E-state index is 0.527. The van der Waals surface area contributed by atoms with Gasteiger partial charge in [0.15, 0.2) is 0 Å². The molecule has 8 aromatic carbocycles. The van der Waals surface area contributed by atoms with Crippen molar-refractivity contribution in [2.75, 3.05) is 38.0 Å². The van der Waals surface area contributed by atoms with Crippen molar-refractivity contribution in [2.45, 2.75) is 13.8 Å². The standard InChI is InChI=1S/C17H9NO2.C17H13N.2C9H11NO/c18-8-17-15-4-2-11(9-19)5-14(15)7-13-3-1-12(10-20)6-16(13)17;1-11-4-6-15-14(7-11)9-13-5-3-12(2)8-16(13)17(15)10-18;2*1-10(2)9-5-3-8(7-11)4-6-9/h1-7,9-10H;3-9H,1-2H3;2*3-7H,1-2H3. The highest BCUT2D eigenvalue weighted by Crippen LogP contribution is 2.30. The summed E-state index contributed by atoms with van der Waals surface area (Å²) >= 11 is 0. The number of aldehydes is 4. The molecular weight excluding hydrogens is 745 g/mol. The highest BCUT2D eigenvalue weighted by Gasteiger charge is 2.10. The summed E-state index contributed by atoms with van der Waals surface area (Å²) < 4.78 is 0. The zero-order valence-electron chi connectivity index (χ0n) is 34.4. The maximum atomic E-state index is 10.9. The molecule has 0 fully saturated rings. The molecule has 0 heterocycles. The minimum Gasteiger partial charge on any atom is -0.378 e. The van der Waals surface area contributed by atoms with Crippen LogP contribution in [0.4, 0.5) is 11.4 Å². The van der Waals surface area contributed by atoms with Crippen LogP contribution in [0.15, 0.2) is 133 Å². The summed E-state index contributed by atoms with van der Waals surface area (Å²) in [4.78, 5) is 46.3. The molecule has 60 heavy (non-hydrogen) atoms. The van der Waals surface area contributed by atoms with E-state index in [4.69, 9.17) is 0 Å². The maximum Gasteiger partial charge on any atom is 0.150 e. The van der Waals surface area contributed by atoms with Gasteiger partial charge in [-0.2, -0.15) is 10.5 Å². The number of nitriles is 2. The molecule has 8 rings (SSSR count). The van der Waals surface area contributed by atoms with Crippen LogP contribution in [-0.2, 0) is 0 Å². The van der Waals surface area contributed by atoms with E-state index in [9.17, 15) is 29.7 Å². The minimum atomic E-state index is 0.527. The first-order valence-electron chi connectivity index (χ1n) is 19.0. The van der Waals surface area contributed by atoms with Gasteiger partial charge in [0, 0.05) is 83.4 Å². The van der Waals surface area contributed by atoms with Gasteiger partial charge >= 0.3 is 0 Å². The van der Waals surface area contributed by atoms with Gasteiger partial charge in [-0.05, 0) is 108 Å². The molecule has 0 aromatic heterocycles. The molecule has 296 valence electrons. The molecule has 0 aliphatic heterocycles. The number of nitrogens with zero attached hydrogens (tertiary/aromatic N) is 4. The molecule has 0 aliphatic rings. The van der Waals surface area contributed by atoms with Crippen molar-refractivity contribution in [3.8, 4) is 12.1 Å². The number of rotatable bonds is 6. The second kappa shape index (κ2) is 20.0. The number of anilines is 2. The number of hydrogen-bond donors (Lipinski definition) is 0. The van der Waals surface area contributed by atoms with Gasteiger partial charge in [-0.15, -0.1) is 0 Å². The largest absolute Gasteiger partial charge is 0.378 e. The molecule has 0 radical (unpaired) electrons. The fourth-order valence-corrected chi connectivity index (χ4v) is 6.60. The van der Waals surface area contributed by atoms with Gasteiger partial charge in [-0.25, -0.2) is 0 Å². The average Bonchev–Trinajstić information content (AvgIpc) is 3.27. The van der Waals surface area contributed by atoms with E-state index >= 15 is 0 Å². The first-order valence-corrected chi connectivity index (χ1v) is 19.0. The Morgan fingerprint density at radius 3 is 1.22 bits per heavy atom. The fraction of sp³-hybridized carbons (Fsp3) is 0.115. The van der Waals surface area contributed by atoms with Crippen molar-refractivity contribution in [1.82, 2.24) is 0 Å². The fourth-order valence-electron chi connectivity index (χ4n) is 6.60. The highest BCUT2D eigenvalue weighted by molar-refractivity contribution is 6.07. The third kappa shape index (κ3) is 10.3. The number of aryl methyl sites for hydroxylation is 2. The molecule has 0 saturated heterocycles. The second-order valence-electron chi connectivity index (χ2n) is 14.6. The van der Waals surface area contributed by atoms with E-state index in [2.05, 4.69) is 62.4 Å². The zero-order valence-corrected chi connectivity index (χ0v) is 34.4. The van der Waals surface area contributed by atoms with Crippen LogP contribution in [0.25, 0.3) is 43.1 Å². The third-order valence-electron chi connectivity index (χ3n) is 9.86. The van der Waals surface area contributed by atoms with Crippen LogP contribution in [0.3, 0.4) is 0 Å². The molecule has 0 bridgehead atoms. The van der Waals surface area contributed by atoms with Crippen LogP contribution in [0.5, 0.6) is 0 Å². The van der Waals surface area contributed by atoms with Crippen LogP contribution in [-0.4, -0.2) is 53.3 Å². The lowest BCUT2D eigenvalue weighted by molar-refractivity contribution is 0.111.